The van der Waals surface area contributed by atoms with Gasteiger partial charge in [0.25, 0.3) is 0 Å². The molecule has 78 valence electrons. The number of aromatic nitrogens is 1. The summed E-state index contributed by atoms with van der Waals surface area (Å²) in [6, 6.07) is 0. The third-order valence-corrected chi connectivity index (χ3v) is 1.96. The highest BCUT2D eigenvalue weighted by molar-refractivity contribution is 7.13. The van der Waals surface area contributed by atoms with E-state index in [4.69, 9.17) is 5.11 Å². The molecule has 0 amide bonds. The van der Waals surface area contributed by atoms with Crippen molar-refractivity contribution in [1.29, 1.82) is 0 Å². The number of aromatic carboxylic acids is 1. The van der Waals surface area contributed by atoms with Crippen molar-refractivity contribution in [2.24, 2.45) is 0 Å². The highest BCUT2D eigenvalue weighted by Crippen LogP contribution is 2.19. The van der Waals surface area contributed by atoms with E-state index in [1.807, 2.05) is 5.32 Å². The molecule has 0 aliphatic heterocycles. The second-order valence-electron chi connectivity index (χ2n) is 2.31. The Labute approximate surface area is 80.4 Å². The lowest BCUT2D eigenvalue weighted by atomic mass is 10.5. The summed E-state index contributed by atoms with van der Waals surface area (Å²) in [6.07, 6.45) is -4.34. The molecule has 0 saturated carbocycles. The highest BCUT2D eigenvalue weighted by Gasteiger charge is 2.27. The second-order valence-corrected chi connectivity index (χ2v) is 3.17. The number of nitrogens with zero attached hydrogens (tertiary/aromatic N) is 1. The zero-order valence-corrected chi connectivity index (χ0v) is 7.45. The fourth-order valence-corrected chi connectivity index (χ4v) is 1.31. The first-order chi connectivity index (χ1) is 6.38. The molecule has 0 radical (unpaired) electrons. The van der Waals surface area contributed by atoms with Crippen molar-refractivity contribution in [3.05, 3.63) is 11.1 Å². The minimum Gasteiger partial charge on any atom is -0.476 e. The molecule has 0 saturated heterocycles. The van der Waals surface area contributed by atoms with Crippen molar-refractivity contribution in [1.82, 2.24) is 4.98 Å². The van der Waals surface area contributed by atoms with Crippen molar-refractivity contribution < 1.29 is 23.1 Å². The average molecular weight is 226 g/mol. The van der Waals surface area contributed by atoms with E-state index in [2.05, 4.69) is 4.98 Å². The van der Waals surface area contributed by atoms with Crippen LogP contribution in [0.25, 0.3) is 0 Å². The molecule has 0 aromatic carbocycles. The Morgan fingerprint density at radius 2 is 2.29 bits per heavy atom. The standard InChI is InChI=1S/C6H5F3N2O2S/c7-6(8,9)2-10-5-11-3(1-14-5)4(12)13/h1H,2H2,(H,10,11)(H,12,13). The largest absolute Gasteiger partial charge is 0.476 e. The molecule has 0 fully saturated rings. The maximum Gasteiger partial charge on any atom is 0.405 e. The van der Waals surface area contributed by atoms with Gasteiger partial charge in [-0.05, 0) is 0 Å². The first-order valence-electron chi connectivity index (χ1n) is 3.38. The van der Waals surface area contributed by atoms with Crippen LogP contribution in [-0.2, 0) is 0 Å². The predicted molar refractivity (Wildman–Crippen MR) is 43.6 cm³/mol. The lowest BCUT2D eigenvalue weighted by Gasteiger charge is -2.05. The smallest absolute Gasteiger partial charge is 0.405 e. The number of alkyl halides is 3. The molecular formula is C6H5F3N2O2S. The monoisotopic (exact) mass is 226 g/mol. The molecule has 0 aliphatic rings. The van der Waals surface area contributed by atoms with Gasteiger partial charge in [-0.2, -0.15) is 13.2 Å². The fraction of sp³-hybridized carbons (Fsp3) is 0.333. The molecule has 8 heteroatoms. The number of carboxylic acid groups (broad SMARTS) is 1. The van der Waals surface area contributed by atoms with Gasteiger partial charge in [-0.3, -0.25) is 0 Å². The number of carbonyl (C=O) groups is 1. The van der Waals surface area contributed by atoms with Crippen LogP contribution < -0.4 is 5.32 Å². The zero-order valence-electron chi connectivity index (χ0n) is 6.63. The Morgan fingerprint density at radius 1 is 1.64 bits per heavy atom. The van der Waals surface area contributed by atoms with Gasteiger partial charge < -0.3 is 10.4 Å². The molecule has 14 heavy (non-hydrogen) atoms. The van der Waals surface area contributed by atoms with Crippen LogP contribution in [0.2, 0.25) is 0 Å². The van der Waals surface area contributed by atoms with E-state index in [-0.39, 0.29) is 10.8 Å². The van der Waals surface area contributed by atoms with Gasteiger partial charge in [0.05, 0.1) is 0 Å². The summed E-state index contributed by atoms with van der Waals surface area (Å²) in [4.78, 5) is 13.7. The van der Waals surface area contributed by atoms with Crippen molar-refractivity contribution in [2.45, 2.75) is 6.18 Å². The summed E-state index contributed by atoms with van der Waals surface area (Å²) in [6.45, 7) is -1.22. The van der Waals surface area contributed by atoms with Crippen molar-refractivity contribution in [3.63, 3.8) is 0 Å². The van der Waals surface area contributed by atoms with E-state index >= 15 is 0 Å². The molecule has 0 atom stereocenters. The van der Waals surface area contributed by atoms with Gasteiger partial charge >= 0.3 is 12.1 Å². The van der Waals surface area contributed by atoms with Gasteiger partial charge in [0.1, 0.15) is 6.54 Å². The highest BCUT2D eigenvalue weighted by atomic mass is 32.1. The summed E-state index contributed by atoms with van der Waals surface area (Å²) >= 11 is 0.816. The predicted octanol–water partition coefficient (Wildman–Crippen LogP) is 1.82. The van der Waals surface area contributed by atoms with Crippen molar-refractivity contribution in [3.8, 4) is 0 Å². The summed E-state index contributed by atoms with van der Waals surface area (Å²) in [5.41, 5.74) is -0.264. The first-order valence-corrected chi connectivity index (χ1v) is 4.26. The molecule has 1 rings (SSSR count). The molecule has 1 aromatic rings. The summed E-state index contributed by atoms with van der Waals surface area (Å²) in [7, 11) is 0. The van der Waals surface area contributed by atoms with Gasteiger partial charge in [-0.15, -0.1) is 11.3 Å². The van der Waals surface area contributed by atoms with Gasteiger partial charge in [-0.1, -0.05) is 0 Å². The SMILES string of the molecule is O=C(O)c1csc(NCC(F)(F)F)n1. The molecule has 0 aliphatic carbocycles. The number of rotatable bonds is 3. The zero-order chi connectivity index (χ0) is 10.8. The summed E-state index contributed by atoms with van der Waals surface area (Å²) in [5, 5.41) is 11.5. The van der Waals surface area contributed by atoms with Crippen LogP contribution in [-0.4, -0.2) is 28.8 Å². The number of hydrogen-bond acceptors (Lipinski definition) is 4. The maximum absolute atomic E-state index is 11.7. The minimum absolute atomic E-state index is 0.0558. The summed E-state index contributed by atoms with van der Waals surface area (Å²) < 4.78 is 35.1. The maximum atomic E-state index is 11.7. The fourth-order valence-electron chi connectivity index (χ4n) is 0.629. The van der Waals surface area contributed by atoms with Crippen LogP contribution in [0.15, 0.2) is 5.38 Å². The van der Waals surface area contributed by atoms with Crippen molar-refractivity contribution in [2.75, 3.05) is 11.9 Å². The molecule has 0 spiro atoms. The minimum atomic E-state index is -4.34. The number of hydrogen-bond donors (Lipinski definition) is 2. The van der Waals surface area contributed by atoms with Gasteiger partial charge in [0, 0.05) is 5.38 Å². The third kappa shape index (κ3) is 3.21. The molecular weight excluding hydrogens is 221 g/mol. The van der Waals surface area contributed by atoms with Crippen LogP contribution in [0.1, 0.15) is 10.5 Å². The molecule has 0 unspecified atom stereocenters. The van der Waals surface area contributed by atoms with Gasteiger partial charge in [0.15, 0.2) is 10.8 Å². The Balaban J connectivity index is 2.56. The van der Waals surface area contributed by atoms with Gasteiger partial charge in [0.2, 0.25) is 0 Å². The number of nitrogens with one attached hydrogen (secondary N) is 1. The lowest BCUT2D eigenvalue weighted by molar-refractivity contribution is -0.115. The topological polar surface area (TPSA) is 62.2 Å². The lowest BCUT2D eigenvalue weighted by Crippen LogP contribution is -2.21. The Morgan fingerprint density at radius 3 is 2.71 bits per heavy atom. The second kappa shape index (κ2) is 3.82. The number of anilines is 1. The van der Waals surface area contributed by atoms with Crippen LogP contribution >= 0.6 is 11.3 Å². The van der Waals surface area contributed by atoms with Crippen LogP contribution in [0.4, 0.5) is 18.3 Å². The van der Waals surface area contributed by atoms with Crippen LogP contribution in [0.5, 0.6) is 0 Å². The average Bonchev–Trinajstić information content (AvgIpc) is 2.47. The Hall–Kier alpha value is -1.31. The van der Waals surface area contributed by atoms with E-state index in [1.165, 1.54) is 5.38 Å². The van der Waals surface area contributed by atoms with E-state index in [1.54, 1.807) is 0 Å². The number of carboxylic acids is 1. The van der Waals surface area contributed by atoms with E-state index in [9.17, 15) is 18.0 Å². The number of halogens is 3. The molecule has 4 nitrogen and oxygen atoms in total. The first kappa shape index (κ1) is 10.8. The number of thiazole rings is 1. The molecule has 1 heterocycles. The normalized spacial score (nSPS) is 11.4. The molecule has 0 bridgehead atoms. The van der Waals surface area contributed by atoms with E-state index < -0.39 is 18.7 Å². The van der Waals surface area contributed by atoms with Crippen LogP contribution in [0.3, 0.4) is 0 Å². The van der Waals surface area contributed by atoms with E-state index in [0.29, 0.717) is 0 Å². The summed E-state index contributed by atoms with van der Waals surface area (Å²) in [5.74, 6) is -1.26. The van der Waals surface area contributed by atoms with Gasteiger partial charge in [-0.25, -0.2) is 9.78 Å². The molecule has 1 aromatic heterocycles. The Bertz CT molecular complexity index is 336. The van der Waals surface area contributed by atoms with E-state index in [0.717, 1.165) is 11.3 Å². The third-order valence-electron chi connectivity index (χ3n) is 1.16. The van der Waals surface area contributed by atoms with Crippen molar-refractivity contribution >= 4 is 22.4 Å². The van der Waals surface area contributed by atoms with Crippen LogP contribution in [0, 0.1) is 0 Å². The molecule has 2 N–H and O–H groups in total. The quantitative estimate of drug-likeness (QED) is 0.825. The Kier molecular flexibility index (Phi) is 2.94.